The van der Waals surface area contributed by atoms with E-state index in [1.165, 1.54) is 26.7 Å². The first-order valence-corrected chi connectivity index (χ1v) is 46.8. The van der Waals surface area contributed by atoms with Crippen LogP contribution >= 0.6 is 24.8 Å². The van der Waals surface area contributed by atoms with Crippen molar-refractivity contribution in [2.45, 2.75) is 279 Å². The van der Waals surface area contributed by atoms with Crippen LogP contribution in [0, 0.1) is 29.6 Å². The van der Waals surface area contributed by atoms with Gasteiger partial charge in [-0.25, -0.2) is 19.2 Å². The molecule has 6 aromatic rings. The normalized spacial score (nSPS) is 17.1. The lowest BCUT2D eigenvalue weighted by atomic mass is 10.0. The predicted molar refractivity (Wildman–Crippen MR) is 514 cm³/mol. The molecule has 0 aliphatic carbocycles. The minimum atomic E-state index is -0.869. The van der Waals surface area contributed by atoms with Crippen molar-refractivity contribution in [3.8, 4) is 0 Å². The number of amides is 6. The highest BCUT2D eigenvalue weighted by atomic mass is 35.5. The maximum absolute atomic E-state index is 13.1. The fourth-order valence-electron chi connectivity index (χ4n) is 16.9. The van der Waals surface area contributed by atoms with Crippen molar-refractivity contribution in [2.24, 2.45) is 35.3 Å². The van der Waals surface area contributed by atoms with Crippen molar-refractivity contribution in [2.75, 3.05) is 67.3 Å². The number of carboxylic acids is 2. The largest absolute Gasteiger partial charge is 0.481 e. The molecular weight excluding hydrogens is 1720 g/mol. The highest BCUT2D eigenvalue weighted by molar-refractivity contribution is 5.94. The monoisotopic (exact) mass is 1860 g/mol. The molecule has 0 aromatic heterocycles. The topological polar surface area (TPSA) is 384 Å². The zero-order valence-corrected chi connectivity index (χ0v) is 81.4. The number of hydrogen-bond acceptors (Lipinski definition) is 20. The van der Waals surface area contributed by atoms with Gasteiger partial charge in [-0.15, -0.1) is 24.8 Å². The Kier molecular flexibility index (Phi) is 53.9. The van der Waals surface area contributed by atoms with Crippen LogP contribution in [-0.2, 0) is 105 Å². The third-order valence-electron chi connectivity index (χ3n) is 24.8. The Morgan fingerprint density at radius 3 is 0.962 bits per heavy atom. The van der Waals surface area contributed by atoms with Crippen molar-refractivity contribution in [1.29, 1.82) is 0 Å². The highest BCUT2D eigenvalue weighted by Crippen LogP contribution is 2.29. The summed E-state index contributed by atoms with van der Waals surface area (Å²) in [7, 11) is 3.99. The van der Waals surface area contributed by atoms with E-state index in [1.54, 1.807) is 26.5 Å². The van der Waals surface area contributed by atoms with Gasteiger partial charge in [-0.05, 0) is 204 Å². The molecule has 0 saturated carbocycles. The molecule has 5 aliphatic heterocycles. The molecule has 0 radical (unpaired) electrons. The number of nitrogens with one attached hydrogen (secondary N) is 3. The summed E-state index contributed by atoms with van der Waals surface area (Å²) in [5.41, 5.74) is 8.64. The quantitative estimate of drug-likeness (QED) is 0.0165. The van der Waals surface area contributed by atoms with Gasteiger partial charge < -0.3 is 75.2 Å². The fourth-order valence-corrected chi connectivity index (χ4v) is 16.9. The Morgan fingerprint density at radius 1 is 0.374 bits per heavy atom. The van der Waals surface area contributed by atoms with Crippen molar-refractivity contribution < 1.29 is 96.2 Å². The molecule has 0 spiro atoms. The molecule has 131 heavy (non-hydrogen) atoms. The zero-order chi connectivity index (χ0) is 95.2. The summed E-state index contributed by atoms with van der Waals surface area (Å²) in [5, 5.41) is 32.8. The first-order valence-electron chi connectivity index (χ1n) is 46.8. The van der Waals surface area contributed by atoms with Gasteiger partial charge in [0, 0.05) is 62.7 Å². The second kappa shape index (κ2) is 61.4. The average molecular weight is 1870 g/mol. The summed E-state index contributed by atoms with van der Waals surface area (Å²) in [5.74, 6) is -3.83. The van der Waals surface area contributed by atoms with E-state index in [1.807, 2.05) is 191 Å². The number of nitrogens with two attached hydrogens (primary N) is 1. The number of carboxylic acid groups (broad SMARTS) is 2. The molecular formula is C101H148Cl2N8O20. The summed E-state index contributed by atoms with van der Waals surface area (Å²) in [6.07, 6.45) is 16.8. The van der Waals surface area contributed by atoms with Crippen LogP contribution in [0.25, 0.3) is 32.3 Å². The molecule has 28 nitrogen and oxygen atoms in total. The van der Waals surface area contributed by atoms with Crippen LogP contribution < -0.4 is 21.7 Å². The van der Waals surface area contributed by atoms with E-state index < -0.39 is 60.1 Å². The average Bonchev–Trinajstić information content (AvgIpc) is 1.77. The molecule has 5 unspecified atom stereocenters. The number of rotatable bonds is 33. The number of aliphatic carboxylic acids is 2. The Balaban J connectivity index is 0.000000411. The van der Waals surface area contributed by atoms with Gasteiger partial charge in [-0.3, -0.25) is 43.2 Å². The van der Waals surface area contributed by atoms with Crippen molar-refractivity contribution >= 4 is 134 Å². The second-order valence-electron chi connectivity index (χ2n) is 33.1. The summed E-state index contributed by atoms with van der Waals surface area (Å²) >= 11 is 0. The molecule has 6 amide bonds. The SMILES string of the molecule is CCC(CC)C(=O)N1CCCC1C(=O)N[C@H](Cc1ccc2ccccc2c1)C(=O)OC.CCC(CC)C(=O)N1CCCC1C(=O)N[C@H](Cc1ccc2ccccc2c1)C(=O)OC.CCC(CC)C(=O)N1CCCC1C(=O)O.CCC(CC)C(=O)O.CCOC(=O)C1CCCN1.CCOC(=O)C1CCCN1C(=O)C(CC)CC.COC(=O)[C@H](N)Cc1ccc2ccccc2c1.Cl.Cl. The van der Waals surface area contributed by atoms with Crippen LogP contribution in [0.4, 0.5) is 0 Å². The standard InChI is InChI=1S/2C25H32N2O4.C14H15NO2.C13H23NO3.C11H19NO3.C7H13NO2.C6H12O2.2ClH/c2*1-4-18(5-2)24(29)27-14-8-11-22(27)23(28)26-21(25(30)31-3)16-17-12-13-19-9-6-7-10-20(19)15-17;1-17-14(16)13(15)9-10-6-7-11-4-2-3-5-12(11)8-10;1-4-10(5-2)12(15)14-9-7-8-11(14)13(16)17-6-3;1-3-8(4-2)10(13)12-7-5-6-9(12)11(14)15;1-2-10-7(9)6-4-3-5-8-6;1-3-5(4-2)6(7)8;;/h2*6-7,9-10,12-13,15,18,21-22H,4-5,8,11,14,16H2,1-3H3,(H,26,28);2-8,13H,9,15H2,1H3;10-11H,4-9H2,1-3H3;8-9H,3-7H2,1-2H3,(H,14,15);6,8H,2-5H2,1H3;5H,3-4H2,1-2H3,(H,7,8);2*1H/t2*21-,22?;13-;;;;;;/m111....../s1. The lowest BCUT2D eigenvalue weighted by Gasteiger charge is -2.28. The van der Waals surface area contributed by atoms with Crippen molar-refractivity contribution in [3.05, 3.63) is 144 Å². The Bertz CT molecular complexity index is 4410. The molecule has 6 aromatic carbocycles. The Labute approximate surface area is 787 Å². The Morgan fingerprint density at radius 2 is 0.672 bits per heavy atom. The van der Waals surface area contributed by atoms with Crippen LogP contribution in [0.5, 0.6) is 0 Å². The van der Waals surface area contributed by atoms with E-state index in [-0.39, 0.29) is 120 Å². The Hall–Kier alpha value is -10.3. The maximum atomic E-state index is 13.1. The summed E-state index contributed by atoms with van der Waals surface area (Å²) < 4.78 is 24.3. The van der Waals surface area contributed by atoms with Crippen molar-refractivity contribution in [1.82, 2.24) is 35.6 Å². The van der Waals surface area contributed by atoms with Gasteiger partial charge in [-0.1, -0.05) is 197 Å². The molecule has 5 fully saturated rings. The molecule has 5 saturated heterocycles. The number of carbonyl (C=O) groups excluding carboxylic acids is 11. The van der Waals surface area contributed by atoms with Crippen LogP contribution in [0.3, 0.4) is 0 Å². The minimum Gasteiger partial charge on any atom is -0.481 e. The zero-order valence-electron chi connectivity index (χ0n) is 79.8. The van der Waals surface area contributed by atoms with Gasteiger partial charge in [0.15, 0.2) is 0 Å². The minimum absolute atomic E-state index is 0. The van der Waals surface area contributed by atoms with E-state index in [0.717, 1.165) is 159 Å². The number of benzene rings is 6. The highest BCUT2D eigenvalue weighted by Gasteiger charge is 2.42. The number of methoxy groups -OCH3 is 3. The first-order chi connectivity index (χ1) is 62.0. The van der Waals surface area contributed by atoms with E-state index in [9.17, 15) is 62.3 Å². The van der Waals surface area contributed by atoms with Gasteiger partial charge in [0.2, 0.25) is 35.4 Å². The number of ether oxygens (including phenoxy) is 5. The van der Waals surface area contributed by atoms with Gasteiger partial charge >= 0.3 is 41.8 Å². The van der Waals surface area contributed by atoms with Gasteiger partial charge in [0.1, 0.15) is 48.3 Å². The molecule has 11 rings (SSSR count). The lowest BCUT2D eigenvalue weighted by Crippen LogP contribution is -2.52. The van der Waals surface area contributed by atoms with E-state index in [0.29, 0.717) is 77.9 Å². The second-order valence-corrected chi connectivity index (χ2v) is 33.1. The van der Waals surface area contributed by atoms with Gasteiger partial charge in [0.05, 0.1) is 40.5 Å². The third kappa shape index (κ3) is 35.3. The third-order valence-corrected chi connectivity index (χ3v) is 24.8. The first kappa shape index (κ1) is 115. The maximum Gasteiger partial charge on any atom is 0.328 e. The van der Waals surface area contributed by atoms with Crippen LogP contribution in [0.1, 0.15) is 228 Å². The fraction of sp³-hybridized carbons (Fsp3) is 0.574. The summed E-state index contributed by atoms with van der Waals surface area (Å²) in [6, 6.07) is 37.9. The van der Waals surface area contributed by atoms with E-state index in [4.69, 9.17) is 34.9 Å². The summed E-state index contributed by atoms with van der Waals surface area (Å²) in [6.45, 7) is 27.6. The summed E-state index contributed by atoms with van der Waals surface area (Å²) in [4.78, 5) is 163. The van der Waals surface area contributed by atoms with E-state index >= 15 is 0 Å². The smallest absolute Gasteiger partial charge is 0.328 e. The number of nitrogens with zero attached hydrogens (tertiary/aromatic N) is 4. The molecule has 30 heteroatoms. The van der Waals surface area contributed by atoms with Crippen LogP contribution in [0.15, 0.2) is 127 Å². The molecule has 0 bridgehead atoms. The van der Waals surface area contributed by atoms with Crippen LogP contribution in [0.2, 0.25) is 0 Å². The van der Waals surface area contributed by atoms with Crippen molar-refractivity contribution in [3.63, 3.8) is 0 Å². The number of hydrogen-bond donors (Lipinski definition) is 6. The molecule has 7 N–H and O–H groups in total. The van der Waals surface area contributed by atoms with Gasteiger partial charge in [-0.2, -0.15) is 0 Å². The number of halogens is 2. The van der Waals surface area contributed by atoms with Gasteiger partial charge in [0.25, 0.3) is 0 Å². The molecule has 5 heterocycles. The molecule has 8 atom stereocenters. The number of carbonyl (C=O) groups is 13. The van der Waals surface area contributed by atoms with E-state index in [2.05, 4.69) is 32.8 Å². The lowest BCUT2D eigenvalue weighted by molar-refractivity contribution is -0.154. The molecule has 5 aliphatic rings. The number of fused-ring (bicyclic) bond motifs is 3. The molecule has 726 valence electrons. The van der Waals surface area contributed by atoms with Crippen LogP contribution in [-0.4, -0.2) is 223 Å². The number of esters is 5. The predicted octanol–water partition coefficient (Wildman–Crippen LogP) is 14.9. The number of likely N-dealkylation sites (tertiary alicyclic amines) is 4.